The summed E-state index contributed by atoms with van der Waals surface area (Å²) >= 11 is 0. The van der Waals surface area contributed by atoms with Gasteiger partial charge in [0.25, 0.3) is 0 Å². The fourth-order valence-corrected chi connectivity index (χ4v) is 2.02. The van der Waals surface area contributed by atoms with Gasteiger partial charge in [-0.1, -0.05) is 27.7 Å². The van der Waals surface area contributed by atoms with Crippen LogP contribution < -0.4 is 5.32 Å². The van der Waals surface area contributed by atoms with Crippen LogP contribution in [0.15, 0.2) is 0 Å². The van der Waals surface area contributed by atoms with Crippen LogP contribution in [0, 0.1) is 11.8 Å². The van der Waals surface area contributed by atoms with E-state index in [9.17, 15) is 5.11 Å². The Morgan fingerprint density at radius 3 is 2.25 bits per heavy atom. The van der Waals surface area contributed by atoms with Crippen LogP contribution in [0.5, 0.6) is 0 Å². The van der Waals surface area contributed by atoms with Crippen molar-refractivity contribution in [1.29, 1.82) is 0 Å². The fraction of sp³-hybridized carbons (Fsp3) is 1.00. The molecular formula is C16H36N2O2. The highest BCUT2D eigenvalue weighted by Gasteiger charge is 2.13. The average molecular weight is 288 g/mol. The van der Waals surface area contributed by atoms with E-state index in [0.717, 1.165) is 45.3 Å². The Labute approximate surface area is 125 Å². The molecule has 0 radical (unpaired) electrons. The van der Waals surface area contributed by atoms with Crippen LogP contribution in [-0.2, 0) is 4.74 Å². The zero-order valence-corrected chi connectivity index (χ0v) is 14.2. The van der Waals surface area contributed by atoms with Crippen molar-refractivity contribution in [2.75, 3.05) is 46.0 Å². The molecule has 0 bridgehead atoms. The predicted octanol–water partition coefficient (Wildman–Crippen LogP) is 1.98. The molecule has 0 saturated heterocycles. The molecule has 0 aliphatic rings. The Balaban J connectivity index is 3.58. The Hall–Kier alpha value is -0.160. The van der Waals surface area contributed by atoms with E-state index in [1.54, 1.807) is 0 Å². The van der Waals surface area contributed by atoms with Crippen LogP contribution in [0.3, 0.4) is 0 Å². The first-order chi connectivity index (χ1) is 9.47. The molecule has 0 saturated carbocycles. The molecule has 20 heavy (non-hydrogen) atoms. The van der Waals surface area contributed by atoms with Crippen LogP contribution in [0.4, 0.5) is 0 Å². The van der Waals surface area contributed by atoms with Crippen molar-refractivity contribution in [3.63, 3.8) is 0 Å². The Morgan fingerprint density at radius 2 is 1.70 bits per heavy atom. The molecule has 122 valence electrons. The van der Waals surface area contributed by atoms with E-state index < -0.39 is 0 Å². The highest BCUT2D eigenvalue weighted by molar-refractivity contribution is 4.67. The van der Waals surface area contributed by atoms with Gasteiger partial charge in [0.15, 0.2) is 0 Å². The van der Waals surface area contributed by atoms with Crippen molar-refractivity contribution in [1.82, 2.24) is 10.2 Å². The van der Waals surface area contributed by atoms with Gasteiger partial charge in [0.05, 0.1) is 19.8 Å². The number of aliphatic hydroxyl groups excluding tert-OH is 1. The largest absolute Gasteiger partial charge is 0.395 e. The topological polar surface area (TPSA) is 44.7 Å². The van der Waals surface area contributed by atoms with E-state index in [-0.39, 0.29) is 12.6 Å². The lowest BCUT2D eigenvalue weighted by Gasteiger charge is -2.29. The quantitative estimate of drug-likeness (QED) is 0.509. The molecular weight excluding hydrogens is 252 g/mol. The predicted molar refractivity (Wildman–Crippen MR) is 86.1 cm³/mol. The fourth-order valence-electron chi connectivity index (χ4n) is 2.02. The molecule has 0 aromatic heterocycles. The Morgan fingerprint density at radius 1 is 1.00 bits per heavy atom. The Bertz CT molecular complexity index is 211. The minimum Gasteiger partial charge on any atom is -0.395 e. The van der Waals surface area contributed by atoms with Gasteiger partial charge in [0.2, 0.25) is 0 Å². The number of hydrogen-bond acceptors (Lipinski definition) is 4. The average Bonchev–Trinajstić information content (AvgIpc) is 2.38. The third-order valence-corrected chi connectivity index (χ3v) is 3.33. The van der Waals surface area contributed by atoms with Crippen LogP contribution in [0.25, 0.3) is 0 Å². The first-order valence-corrected chi connectivity index (χ1v) is 8.10. The van der Waals surface area contributed by atoms with Gasteiger partial charge in [0.1, 0.15) is 0 Å². The second-order valence-electron chi connectivity index (χ2n) is 6.47. The monoisotopic (exact) mass is 288 g/mol. The van der Waals surface area contributed by atoms with E-state index in [1.165, 1.54) is 6.42 Å². The lowest BCUT2D eigenvalue weighted by Crippen LogP contribution is -2.40. The summed E-state index contributed by atoms with van der Waals surface area (Å²) in [7, 11) is 0. The first kappa shape index (κ1) is 19.8. The number of aliphatic hydroxyl groups is 1. The minimum atomic E-state index is 0.212. The van der Waals surface area contributed by atoms with Gasteiger partial charge in [-0.2, -0.15) is 0 Å². The molecule has 0 heterocycles. The SMILES string of the molecule is CC(C)CCNCCOCCN(CC(C)C)C(C)CO. The number of ether oxygens (including phenoxy) is 1. The maximum Gasteiger partial charge on any atom is 0.0594 e. The third kappa shape index (κ3) is 11.6. The highest BCUT2D eigenvalue weighted by Crippen LogP contribution is 2.04. The molecule has 0 aromatic carbocycles. The van der Waals surface area contributed by atoms with Gasteiger partial charge in [0, 0.05) is 25.7 Å². The van der Waals surface area contributed by atoms with Crippen LogP contribution in [0.1, 0.15) is 41.0 Å². The van der Waals surface area contributed by atoms with Crippen molar-refractivity contribution in [3.05, 3.63) is 0 Å². The smallest absolute Gasteiger partial charge is 0.0594 e. The van der Waals surface area contributed by atoms with E-state index in [0.29, 0.717) is 5.92 Å². The van der Waals surface area contributed by atoms with Crippen molar-refractivity contribution in [2.24, 2.45) is 11.8 Å². The molecule has 0 fully saturated rings. The number of nitrogens with zero attached hydrogens (tertiary/aromatic N) is 1. The molecule has 0 rings (SSSR count). The molecule has 0 aliphatic carbocycles. The normalized spacial score (nSPS) is 13.7. The van der Waals surface area contributed by atoms with Gasteiger partial charge >= 0.3 is 0 Å². The number of rotatable bonds is 13. The van der Waals surface area contributed by atoms with Crippen LogP contribution in [0.2, 0.25) is 0 Å². The van der Waals surface area contributed by atoms with Gasteiger partial charge in [-0.3, -0.25) is 4.90 Å². The third-order valence-electron chi connectivity index (χ3n) is 3.33. The first-order valence-electron chi connectivity index (χ1n) is 8.10. The summed E-state index contributed by atoms with van der Waals surface area (Å²) in [5.74, 6) is 1.37. The number of nitrogens with one attached hydrogen (secondary N) is 1. The van der Waals surface area contributed by atoms with E-state index in [2.05, 4.69) is 44.8 Å². The summed E-state index contributed by atoms with van der Waals surface area (Å²) in [6.07, 6.45) is 1.22. The van der Waals surface area contributed by atoms with Gasteiger partial charge in [-0.05, 0) is 31.7 Å². The highest BCUT2D eigenvalue weighted by atomic mass is 16.5. The van der Waals surface area contributed by atoms with E-state index in [4.69, 9.17) is 4.74 Å². The maximum absolute atomic E-state index is 9.27. The summed E-state index contributed by atoms with van der Waals surface area (Å²) in [6.45, 7) is 16.6. The lowest BCUT2D eigenvalue weighted by molar-refractivity contribution is 0.0672. The van der Waals surface area contributed by atoms with Crippen LogP contribution in [-0.4, -0.2) is 62.0 Å². The maximum atomic E-state index is 9.27. The van der Waals surface area contributed by atoms with Crippen molar-refractivity contribution in [3.8, 4) is 0 Å². The van der Waals surface area contributed by atoms with Crippen molar-refractivity contribution < 1.29 is 9.84 Å². The van der Waals surface area contributed by atoms with E-state index >= 15 is 0 Å². The summed E-state index contributed by atoms with van der Waals surface area (Å²) < 4.78 is 5.66. The van der Waals surface area contributed by atoms with Crippen LogP contribution >= 0.6 is 0 Å². The zero-order valence-electron chi connectivity index (χ0n) is 14.2. The molecule has 0 amide bonds. The molecule has 0 spiro atoms. The second kappa shape index (κ2) is 12.6. The molecule has 1 unspecified atom stereocenters. The van der Waals surface area contributed by atoms with Crippen molar-refractivity contribution in [2.45, 2.75) is 47.1 Å². The molecule has 1 atom stereocenters. The summed E-state index contributed by atoms with van der Waals surface area (Å²) in [5, 5.41) is 12.7. The summed E-state index contributed by atoms with van der Waals surface area (Å²) in [4.78, 5) is 2.30. The molecule has 2 N–H and O–H groups in total. The molecule has 0 aliphatic heterocycles. The number of hydrogen-bond donors (Lipinski definition) is 2. The standard InChI is InChI=1S/C16H36N2O2/c1-14(2)6-7-17-8-10-20-11-9-18(12-15(3)4)16(5)13-19/h14-17,19H,6-13H2,1-5H3. The van der Waals surface area contributed by atoms with Gasteiger partial charge in [-0.25, -0.2) is 0 Å². The van der Waals surface area contributed by atoms with Gasteiger partial charge in [-0.15, -0.1) is 0 Å². The zero-order chi connectivity index (χ0) is 15.4. The van der Waals surface area contributed by atoms with E-state index in [1.807, 2.05) is 0 Å². The summed E-state index contributed by atoms with van der Waals surface area (Å²) in [5.41, 5.74) is 0. The summed E-state index contributed by atoms with van der Waals surface area (Å²) in [6, 6.07) is 0.213. The minimum absolute atomic E-state index is 0.212. The lowest BCUT2D eigenvalue weighted by atomic mass is 10.1. The van der Waals surface area contributed by atoms with Gasteiger partial charge < -0.3 is 15.2 Å². The van der Waals surface area contributed by atoms with Crippen molar-refractivity contribution >= 4 is 0 Å². The molecule has 0 aromatic rings. The second-order valence-corrected chi connectivity index (χ2v) is 6.47. The molecule has 4 nitrogen and oxygen atoms in total. The Kier molecular flexibility index (Phi) is 12.5. The molecule has 4 heteroatoms.